The molecule has 1 aromatic carbocycles. The van der Waals surface area contributed by atoms with Gasteiger partial charge in [0, 0.05) is 34.9 Å². The van der Waals surface area contributed by atoms with E-state index in [9.17, 15) is 10.4 Å². The molecular formula is C20H18Cl2N4O. The maximum absolute atomic E-state index is 9.84. The first-order valence-electron chi connectivity index (χ1n) is 8.81. The predicted molar refractivity (Wildman–Crippen MR) is 108 cm³/mol. The van der Waals surface area contributed by atoms with Crippen LogP contribution in [0.5, 0.6) is 0 Å². The molecule has 1 saturated carbocycles. The van der Waals surface area contributed by atoms with Gasteiger partial charge in [0.2, 0.25) is 0 Å². The Kier molecular flexibility index (Phi) is 4.73. The molecule has 2 heterocycles. The van der Waals surface area contributed by atoms with Crippen LogP contribution in [0.1, 0.15) is 37.3 Å². The maximum Gasteiger partial charge on any atom is 0.101 e. The highest BCUT2D eigenvalue weighted by Gasteiger charge is 2.24. The Morgan fingerprint density at radius 2 is 1.89 bits per heavy atom. The van der Waals surface area contributed by atoms with Crippen LogP contribution in [-0.2, 0) is 0 Å². The van der Waals surface area contributed by atoms with Crippen molar-refractivity contribution in [2.45, 2.75) is 37.8 Å². The molecule has 4 rings (SSSR count). The van der Waals surface area contributed by atoms with Crippen LogP contribution < -0.4 is 5.73 Å². The molecule has 138 valence electrons. The number of nitrogens with two attached hydrogens (primary N) is 1. The standard InChI is InChI=1S/C20H18Cl2N4O/c21-17-6-19-14(5-11(17)7-23)16(15-8-25-9-18(24)20(15)22)10-26(19)12-1-3-13(27)4-2-12/h5-6,8-10,12-13,27H,1-4,24H2. The summed E-state index contributed by atoms with van der Waals surface area (Å²) in [6.45, 7) is 0. The van der Waals surface area contributed by atoms with Crippen molar-refractivity contribution in [2.24, 2.45) is 0 Å². The van der Waals surface area contributed by atoms with Crippen LogP contribution in [0.4, 0.5) is 5.69 Å². The number of anilines is 1. The van der Waals surface area contributed by atoms with Crippen molar-refractivity contribution < 1.29 is 5.11 Å². The first kappa shape index (κ1) is 18.1. The molecule has 0 aliphatic heterocycles. The Morgan fingerprint density at radius 1 is 1.15 bits per heavy atom. The summed E-state index contributed by atoms with van der Waals surface area (Å²) < 4.78 is 2.18. The molecular weight excluding hydrogens is 383 g/mol. The number of aliphatic hydroxyl groups excluding tert-OH is 1. The minimum Gasteiger partial charge on any atom is -0.396 e. The van der Waals surface area contributed by atoms with Gasteiger partial charge < -0.3 is 15.4 Å². The van der Waals surface area contributed by atoms with Crippen molar-refractivity contribution in [2.75, 3.05) is 5.73 Å². The summed E-state index contributed by atoms with van der Waals surface area (Å²) in [5.74, 6) is 0. The zero-order valence-electron chi connectivity index (χ0n) is 14.5. The Labute approximate surface area is 166 Å². The van der Waals surface area contributed by atoms with Crippen molar-refractivity contribution in [3.8, 4) is 17.2 Å². The number of rotatable bonds is 2. The van der Waals surface area contributed by atoms with Crippen LogP contribution in [0.25, 0.3) is 22.0 Å². The van der Waals surface area contributed by atoms with Gasteiger partial charge in [-0.1, -0.05) is 23.2 Å². The van der Waals surface area contributed by atoms with E-state index in [2.05, 4.69) is 15.6 Å². The predicted octanol–water partition coefficient (Wildman–Crippen LogP) is 4.94. The van der Waals surface area contributed by atoms with E-state index in [4.69, 9.17) is 28.9 Å². The van der Waals surface area contributed by atoms with Gasteiger partial charge in [-0.05, 0) is 37.8 Å². The summed E-state index contributed by atoms with van der Waals surface area (Å²) in [7, 11) is 0. The molecule has 0 spiro atoms. The minimum atomic E-state index is -0.233. The highest BCUT2D eigenvalue weighted by atomic mass is 35.5. The number of benzene rings is 1. The highest BCUT2D eigenvalue weighted by Crippen LogP contribution is 2.41. The summed E-state index contributed by atoms with van der Waals surface area (Å²) >= 11 is 12.8. The lowest BCUT2D eigenvalue weighted by Crippen LogP contribution is -2.20. The molecule has 0 atom stereocenters. The summed E-state index contributed by atoms with van der Waals surface area (Å²) in [6.07, 6.45) is 8.30. The third-order valence-electron chi connectivity index (χ3n) is 5.30. The fraction of sp³-hybridized carbons (Fsp3) is 0.300. The monoisotopic (exact) mass is 400 g/mol. The molecule has 0 bridgehead atoms. The first-order valence-corrected chi connectivity index (χ1v) is 9.56. The average molecular weight is 401 g/mol. The molecule has 0 radical (unpaired) electrons. The van der Waals surface area contributed by atoms with Gasteiger partial charge in [0.05, 0.1) is 39.1 Å². The number of nitrogen functional groups attached to an aromatic ring is 1. The van der Waals surface area contributed by atoms with E-state index in [1.54, 1.807) is 12.3 Å². The van der Waals surface area contributed by atoms with E-state index in [1.807, 2.05) is 12.3 Å². The molecule has 27 heavy (non-hydrogen) atoms. The number of aliphatic hydroxyl groups is 1. The molecule has 0 amide bonds. The maximum atomic E-state index is 9.84. The lowest BCUT2D eigenvalue weighted by atomic mass is 9.93. The number of hydrogen-bond acceptors (Lipinski definition) is 4. The lowest BCUT2D eigenvalue weighted by Gasteiger charge is -2.27. The molecule has 1 aliphatic carbocycles. The van der Waals surface area contributed by atoms with Crippen LogP contribution in [-0.4, -0.2) is 20.8 Å². The Balaban J connectivity index is 1.96. The molecule has 2 aromatic heterocycles. The first-order chi connectivity index (χ1) is 13.0. The van der Waals surface area contributed by atoms with Crippen LogP contribution in [0, 0.1) is 11.3 Å². The van der Waals surface area contributed by atoms with Gasteiger partial charge in [-0.2, -0.15) is 5.26 Å². The van der Waals surface area contributed by atoms with Gasteiger partial charge in [0.1, 0.15) is 6.07 Å². The number of nitrogens with zero attached hydrogens (tertiary/aromatic N) is 3. The second kappa shape index (κ2) is 7.05. The number of halogens is 2. The Hall–Kier alpha value is -2.26. The van der Waals surface area contributed by atoms with E-state index >= 15 is 0 Å². The van der Waals surface area contributed by atoms with E-state index in [1.165, 1.54) is 6.20 Å². The van der Waals surface area contributed by atoms with Crippen molar-refractivity contribution in [3.05, 3.63) is 46.3 Å². The summed E-state index contributed by atoms with van der Waals surface area (Å²) in [5, 5.41) is 21.0. The van der Waals surface area contributed by atoms with E-state index < -0.39 is 0 Å². The number of hydrogen-bond donors (Lipinski definition) is 2. The van der Waals surface area contributed by atoms with Gasteiger partial charge in [-0.25, -0.2) is 0 Å². The van der Waals surface area contributed by atoms with Crippen LogP contribution >= 0.6 is 23.2 Å². The molecule has 0 unspecified atom stereocenters. The van der Waals surface area contributed by atoms with Crippen LogP contribution in [0.2, 0.25) is 10.0 Å². The SMILES string of the molecule is N#Cc1cc2c(-c3cncc(N)c3Cl)cn(C3CCC(O)CC3)c2cc1Cl. The molecule has 3 N–H and O–H groups in total. The van der Waals surface area contributed by atoms with Gasteiger partial charge >= 0.3 is 0 Å². The van der Waals surface area contributed by atoms with Gasteiger partial charge in [-0.3, -0.25) is 4.98 Å². The summed E-state index contributed by atoms with van der Waals surface area (Å²) in [4.78, 5) is 4.18. The molecule has 7 heteroatoms. The second-order valence-corrected chi connectivity index (χ2v) is 7.75. The van der Waals surface area contributed by atoms with E-state index in [0.29, 0.717) is 21.3 Å². The van der Waals surface area contributed by atoms with Crippen molar-refractivity contribution in [1.29, 1.82) is 5.26 Å². The third kappa shape index (κ3) is 3.14. The largest absolute Gasteiger partial charge is 0.396 e. The van der Waals surface area contributed by atoms with Crippen molar-refractivity contribution >= 4 is 39.8 Å². The van der Waals surface area contributed by atoms with E-state index in [0.717, 1.165) is 47.7 Å². The van der Waals surface area contributed by atoms with Crippen molar-refractivity contribution in [1.82, 2.24) is 9.55 Å². The lowest BCUT2D eigenvalue weighted by molar-refractivity contribution is 0.111. The van der Waals surface area contributed by atoms with Crippen molar-refractivity contribution in [3.63, 3.8) is 0 Å². The Bertz CT molecular complexity index is 1060. The minimum absolute atomic E-state index is 0.233. The zero-order valence-corrected chi connectivity index (χ0v) is 16.0. The fourth-order valence-electron chi connectivity index (χ4n) is 3.86. The van der Waals surface area contributed by atoms with Crippen LogP contribution in [0.3, 0.4) is 0 Å². The Morgan fingerprint density at radius 3 is 2.59 bits per heavy atom. The molecule has 3 aromatic rings. The molecule has 1 fully saturated rings. The molecule has 5 nitrogen and oxygen atoms in total. The van der Waals surface area contributed by atoms with Gasteiger partial charge in [-0.15, -0.1) is 0 Å². The quantitative estimate of drug-likeness (QED) is 0.637. The zero-order chi connectivity index (χ0) is 19.1. The highest BCUT2D eigenvalue weighted by molar-refractivity contribution is 6.36. The second-order valence-electron chi connectivity index (χ2n) is 6.96. The molecule has 1 aliphatic rings. The van der Waals surface area contributed by atoms with Gasteiger partial charge in [0.25, 0.3) is 0 Å². The number of aromatic nitrogens is 2. The third-order valence-corrected chi connectivity index (χ3v) is 6.03. The normalized spacial score (nSPS) is 19.9. The fourth-order valence-corrected chi connectivity index (χ4v) is 4.26. The summed E-state index contributed by atoms with van der Waals surface area (Å²) in [5.41, 5.74) is 9.30. The van der Waals surface area contributed by atoms with Gasteiger partial charge in [0.15, 0.2) is 0 Å². The number of fused-ring (bicyclic) bond motifs is 1. The van der Waals surface area contributed by atoms with E-state index in [-0.39, 0.29) is 12.1 Å². The number of pyridine rings is 1. The summed E-state index contributed by atoms with van der Waals surface area (Å²) in [6, 6.07) is 6.01. The smallest absolute Gasteiger partial charge is 0.101 e. The number of nitriles is 1. The molecule has 0 saturated heterocycles. The average Bonchev–Trinajstić information content (AvgIpc) is 3.02. The topological polar surface area (TPSA) is 87.9 Å². The van der Waals surface area contributed by atoms with Crippen LogP contribution in [0.15, 0.2) is 30.7 Å².